The fourth-order valence-corrected chi connectivity index (χ4v) is 16.0. The smallest absolute Gasteiger partial charge is 0.127 e. The maximum Gasteiger partial charge on any atom is 0.127 e. The molecule has 9 atom stereocenters. The second kappa shape index (κ2) is 16.7. The van der Waals surface area contributed by atoms with E-state index in [-0.39, 0.29) is 17.6 Å². The van der Waals surface area contributed by atoms with Gasteiger partial charge in [0, 0.05) is 51.3 Å². The van der Waals surface area contributed by atoms with Crippen LogP contribution in [0.2, 0.25) is 0 Å². The van der Waals surface area contributed by atoms with E-state index in [2.05, 4.69) is 193 Å². The Balaban J connectivity index is 0.830. The van der Waals surface area contributed by atoms with Gasteiger partial charge in [-0.1, -0.05) is 182 Å². The van der Waals surface area contributed by atoms with Crippen LogP contribution < -0.4 is 10.4 Å². The zero-order valence-corrected chi connectivity index (χ0v) is 40.9. The number of benzene rings is 3. The zero-order valence-electron chi connectivity index (χ0n) is 40.9. The maximum absolute atomic E-state index is 6.81. The van der Waals surface area contributed by atoms with Gasteiger partial charge in [-0.25, -0.2) is 0 Å². The summed E-state index contributed by atoms with van der Waals surface area (Å²) in [5, 5.41) is 2.86. The molecule has 0 bridgehead atoms. The molecule has 8 unspecified atom stereocenters. The van der Waals surface area contributed by atoms with Crippen LogP contribution in [-0.2, 0) is 4.74 Å². The number of fused-ring (bicyclic) bond motifs is 12. The number of hydrogen-bond acceptors (Lipinski definition) is 2. The lowest BCUT2D eigenvalue weighted by molar-refractivity contribution is 0.175. The van der Waals surface area contributed by atoms with Gasteiger partial charge in [0.05, 0.1) is 6.04 Å². The predicted molar refractivity (Wildman–Crippen MR) is 291 cm³/mol. The fourth-order valence-electron chi connectivity index (χ4n) is 16.0. The molecule has 3 aromatic rings. The molecule has 0 aromatic heterocycles. The molecule has 12 aliphatic rings. The topological polar surface area (TPSA) is 12.5 Å². The van der Waals surface area contributed by atoms with Crippen molar-refractivity contribution in [3.63, 3.8) is 0 Å². The van der Waals surface area contributed by atoms with Crippen LogP contribution in [0.4, 0.5) is 0 Å². The standard InChI is InChI=1S/C69H63NO/c1-3-16-44(17-4-1)48-32-37-57-55-23-11-13-28-62(55)69(64(57)41-48)63-29-14-12-24-56(63)58-38-36-51(43-65(58)69)70(66-42-49-20-7-8-21-52(49)54-22-9-10-25-59(54)66)50-34-30-45(31-35-50)47-33-39-67-61(40-47)60-27-15-26-53(68(60)71-67)46-18-5-2-6-19-46/h1-6,8-11,13-14,16-19,21-22,25-26,28-30,33-36,38-41,45,49,51,55-56,61,63,67H,7,12,15,20,23-24,27,31-32,37,42-43H2/t45?,49?,51?,55-,56?,61?,63?,67?,69?/m0/s1. The van der Waals surface area contributed by atoms with E-state index in [0.717, 1.165) is 63.5 Å². The Morgan fingerprint density at radius 1 is 0.648 bits per heavy atom. The number of hydrogen-bond donors (Lipinski definition) is 0. The number of rotatable bonds is 6. The van der Waals surface area contributed by atoms with Crippen molar-refractivity contribution in [1.29, 1.82) is 0 Å². The Bertz CT molecular complexity index is 3380. The van der Waals surface area contributed by atoms with Crippen molar-refractivity contribution in [2.75, 3.05) is 0 Å². The van der Waals surface area contributed by atoms with Crippen LogP contribution in [0.15, 0.2) is 239 Å². The molecule has 0 radical (unpaired) electrons. The Kier molecular flexibility index (Phi) is 9.91. The van der Waals surface area contributed by atoms with E-state index in [9.17, 15) is 0 Å². The molecule has 2 heteroatoms. The monoisotopic (exact) mass is 921 g/mol. The molecule has 1 aliphatic heterocycles. The molecule has 0 saturated heterocycles. The van der Waals surface area contributed by atoms with Gasteiger partial charge in [-0.15, -0.1) is 0 Å². The molecule has 1 spiro atoms. The lowest BCUT2D eigenvalue weighted by atomic mass is 9.60. The van der Waals surface area contributed by atoms with Crippen LogP contribution in [0.3, 0.4) is 0 Å². The van der Waals surface area contributed by atoms with Gasteiger partial charge in [-0.05, 0) is 162 Å². The lowest BCUT2D eigenvalue weighted by Crippen LogP contribution is -2.45. The third kappa shape index (κ3) is 6.45. The first-order valence-corrected chi connectivity index (χ1v) is 27.4. The van der Waals surface area contributed by atoms with Crippen molar-refractivity contribution < 1.29 is 4.74 Å². The minimum Gasteiger partial charge on any atom is -0.485 e. The summed E-state index contributed by atoms with van der Waals surface area (Å²) < 4.78 is 6.81. The zero-order chi connectivity index (χ0) is 46.6. The number of nitrogens with zero attached hydrogens (tertiary/aromatic N) is 1. The first-order valence-electron chi connectivity index (χ1n) is 27.4. The van der Waals surface area contributed by atoms with Gasteiger partial charge in [0.2, 0.25) is 0 Å². The average Bonchev–Trinajstić information content (AvgIpc) is 4.07. The quantitative estimate of drug-likeness (QED) is 0.229. The van der Waals surface area contributed by atoms with Crippen LogP contribution in [0, 0.1) is 40.9 Å². The predicted octanol–water partition coefficient (Wildman–Crippen LogP) is 14.6. The van der Waals surface area contributed by atoms with Crippen molar-refractivity contribution in [2.24, 2.45) is 40.9 Å². The summed E-state index contributed by atoms with van der Waals surface area (Å²) in [7, 11) is 0. The van der Waals surface area contributed by atoms with Gasteiger partial charge in [0.15, 0.2) is 0 Å². The Hall–Kier alpha value is -6.64. The molecule has 0 fully saturated rings. The van der Waals surface area contributed by atoms with Gasteiger partial charge in [-0.2, -0.15) is 0 Å². The molecule has 3 aromatic carbocycles. The second-order valence-corrected chi connectivity index (χ2v) is 22.4. The molecule has 0 N–H and O–H groups in total. The minimum atomic E-state index is -0.115. The van der Waals surface area contributed by atoms with Gasteiger partial charge < -0.3 is 9.64 Å². The minimum absolute atomic E-state index is 0.0779. The van der Waals surface area contributed by atoms with Gasteiger partial charge in [-0.3, -0.25) is 0 Å². The highest BCUT2D eigenvalue weighted by atomic mass is 16.5. The van der Waals surface area contributed by atoms with E-state index in [1.165, 1.54) is 74.5 Å². The van der Waals surface area contributed by atoms with Gasteiger partial charge >= 0.3 is 0 Å². The summed E-state index contributed by atoms with van der Waals surface area (Å²) in [6.07, 6.45) is 56.5. The normalized spacial score (nSPS) is 32.4. The van der Waals surface area contributed by atoms with E-state index in [1.54, 1.807) is 33.4 Å². The van der Waals surface area contributed by atoms with E-state index in [4.69, 9.17) is 4.74 Å². The fraction of sp³-hybridized carbons (Fsp3) is 0.304. The molecule has 350 valence electrons. The molecular weight excluding hydrogens is 859 g/mol. The SMILES string of the molecule is C1=CC[C@@H]2C(=C1)C1(C3=C2CCC(c2ccccc2)=C3)C2=C(C=CC(N(C3=CCC(C4=CC5C6=C(OC5C=C4)C(c4ccccc4)=CCC6)C=C3)C3=c4ccccc4=C4C=CCCC4C3)C2)C2CCC=CC21. The van der Waals surface area contributed by atoms with Crippen LogP contribution in [-0.4, -0.2) is 17.0 Å². The van der Waals surface area contributed by atoms with Crippen LogP contribution in [0.25, 0.3) is 22.4 Å². The lowest BCUT2D eigenvalue weighted by Gasteiger charge is -2.45. The Morgan fingerprint density at radius 3 is 2.37 bits per heavy atom. The third-order valence-electron chi connectivity index (χ3n) is 19.0. The molecule has 0 saturated carbocycles. The van der Waals surface area contributed by atoms with E-state index in [0.29, 0.717) is 35.5 Å². The van der Waals surface area contributed by atoms with E-state index >= 15 is 0 Å². The summed E-state index contributed by atoms with van der Waals surface area (Å²) in [5.41, 5.74) is 21.1. The van der Waals surface area contributed by atoms with Gasteiger partial charge in [0.25, 0.3) is 0 Å². The summed E-state index contributed by atoms with van der Waals surface area (Å²) in [6.45, 7) is 0. The highest BCUT2D eigenvalue weighted by Crippen LogP contribution is 2.71. The van der Waals surface area contributed by atoms with Crippen LogP contribution in [0.1, 0.15) is 88.2 Å². The Labute approximate surface area is 420 Å². The van der Waals surface area contributed by atoms with Crippen LogP contribution in [0.5, 0.6) is 0 Å². The van der Waals surface area contributed by atoms with Gasteiger partial charge in [0.1, 0.15) is 11.9 Å². The molecule has 15 rings (SSSR count). The van der Waals surface area contributed by atoms with E-state index in [1.807, 2.05) is 0 Å². The molecule has 11 aliphatic carbocycles. The highest BCUT2D eigenvalue weighted by molar-refractivity contribution is 5.81. The molecule has 2 nitrogen and oxygen atoms in total. The summed E-state index contributed by atoms with van der Waals surface area (Å²) >= 11 is 0. The number of allylic oxidation sites excluding steroid dienone is 21. The average molecular weight is 922 g/mol. The maximum atomic E-state index is 6.81. The summed E-state index contributed by atoms with van der Waals surface area (Å²) in [5.74, 6) is 3.78. The molecular formula is C69H63NO. The molecule has 1 heterocycles. The first kappa shape index (κ1) is 42.1. The summed E-state index contributed by atoms with van der Waals surface area (Å²) in [6, 6.07) is 31.8. The molecule has 0 amide bonds. The summed E-state index contributed by atoms with van der Waals surface area (Å²) in [4.78, 5) is 2.87. The van der Waals surface area contributed by atoms with Crippen molar-refractivity contribution in [3.8, 4) is 0 Å². The van der Waals surface area contributed by atoms with Crippen molar-refractivity contribution >= 4 is 22.4 Å². The molecule has 71 heavy (non-hydrogen) atoms. The largest absolute Gasteiger partial charge is 0.485 e. The first-order chi connectivity index (χ1) is 35.2. The third-order valence-corrected chi connectivity index (χ3v) is 19.0. The van der Waals surface area contributed by atoms with E-state index < -0.39 is 0 Å². The van der Waals surface area contributed by atoms with Crippen molar-refractivity contribution in [2.45, 2.75) is 89.2 Å². The Morgan fingerprint density at radius 2 is 1.49 bits per heavy atom. The van der Waals surface area contributed by atoms with Crippen molar-refractivity contribution in [3.05, 3.63) is 260 Å². The van der Waals surface area contributed by atoms with Crippen molar-refractivity contribution in [1.82, 2.24) is 4.90 Å². The van der Waals surface area contributed by atoms with Crippen LogP contribution >= 0.6 is 0 Å². The number of ether oxygens (including phenoxy) is 1. The second-order valence-electron chi connectivity index (χ2n) is 22.4. The highest BCUT2D eigenvalue weighted by Gasteiger charge is 2.62.